The Labute approximate surface area is 155 Å². The molecule has 1 aliphatic heterocycles. The van der Waals surface area contributed by atoms with Gasteiger partial charge in [-0.2, -0.15) is 4.91 Å². The second kappa shape index (κ2) is 6.75. The topological polar surface area (TPSA) is 88.1 Å². The lowest BCUT2D eigenvalue weighted by Gasteiger charge is -2.15. The first-order chi connectivity index (χ1) is 13.0. The number of hydrogen-bond acceptors (Lipinski definition) is 5. The maximum Gasteiger partial charge on any atom is 0.414 e. The smallest absolute Gasteiger partial charge is 0.414 e. The van der Waals surface area contributed by atoms with Gasteiger partial charge in [-0.1, -0.05) is 11.3 Å². The lowest BCUT2D eigenvalue weighted by molar-refractivity contribution is -0.119. The zero-order chi connectivity index (χ0) is 19.1. The highest BCUT2D eigenvalue weighted by Gasteiger charge is 2.52. The third-order valence-corrected chi connectivity index (χ3v) is 5.60. The Morgan fingerprint density at radius 1 is 1.44 bits per heavy atom. The van der Waals surface area contributed by atoms with Gasteiger partial charge in [-0.15, -0.1) is 0 Å². The van der Waals surface area contributed by atoms with Crippen LogP contribution < -0.4 is 10.2 Å². The maximum absolute atomic E-state index is 14.7. The average molecular weight is 373 g/mol. The van der Waals surface area contributed by atoms with Gasteiger partial charge in [0.2, 0.25) is 5.91 Å². The highest BCUT2D eigenvalue weighted by molar-refractivity contribution is 5.90. The quantitative estimate of drug-likeness (QED) is 0.777. The molecule has 1 aromatic rings. The molecule has 2 aliphatic carbocycles. The molecule has 3 aliphatic rings. The van der Waals surface area contributed by atoms with Gasteiger partial charge in [0.05, 0.1) is 25.3 Å². The van der Waals surface area contributed by atoms with Gasteiger partial charge in [-0.3, -0.25) is 9.69 Å². The largest absolute Gasteiger partial charge is 0.442 e. The van der Waals surface area contributed by atoms with Crippen molar-refractivity contribution in [2.24, 2.45) is 22.9 Å². The fourth-order valence-corrected chi connectivity index (χ4v) is 4.14. The van der Waals surface area contributed by atoms with Gasteiger partial charge in [0.1, 0.15) is 11.9 Å². The number of carbonyl (C=O) groups excluding carboxylic acids is 2. The number of allylic oxidation sites excluding steroid dienone is 2. The number of carbonyl (C=O) groups is 2. The van der Waals surface area contributed by atoms with Gasteiger partial charge in [-0.25, -0.2) is 9.18 Å². The van der Waals surface area contributed by atoms with Crippen LogP contribution in [0, 0.1) is 28.5 Å². The number of benzene rings is 1. The molecule has 1 saturated heterocycles. The molecule has 7 nitrogen and oxygen atoms in total. The summed E-state index contributed by atoms with van der Waals surface area (Å²) < 4.78 is 19.9. The van der Waals surface area contributed by atoms with E-state index >= 15 is 0 Å². The van der Waals surface area contributed by atoms with E-state index in [-0.39, 0.29) is 24.8 Å². The Hall–Kier alpha value is -2.77. The van der Waals surface area contributed by atoms with Crippen LogP contribution in [0.2, 0.25) is 0 Å². The summed E-state index contributed by atoms with van der Waals surface area (Å²) in [7, 11) is 0. The van der Waals surface area contributed by atoms with Gasteiger partial charge in [0, 0.05) is 12.5 Å². The summed E-state index contributed by atoms with van der Waals surface area (Å²) in [6.45, 7) is 2.20. The van der Waals surface area contributed by atoms with Gasteiger partial charge in [-0.05, 0) is 47.9 Å². The Morgan fingerprint density at radius 3 is 2.89 bits per heavy atom. The van der Waals surface area contributed by atoms with Crippen molar-refractivity contribution in [1.82, 2.24) is 5.32 Å². The minimum absolute atomic E-state index is 0.200. The second-order valence-electron chi connectivity index (χ2n) is 7.33. The molecule has 1 N–H and O–H groups in total. The number of ether oxygens (including phenoxy) is 1. The SMILES string of the molecule is CC(=O)NC[C@H]1CN(c2ccc(C3=C[C@H]4[C@H](CN=O)[C@H]4C3)c(F)c2)C(=O)O1. The molecule has 1 saturated carbocycles. The van der Waals surface area contributed by atoms with Crippen LogP contribution in [0.1, 0.15) is 18.9 Å². The molecule has 0 spiro atoms. The zero-order valence-electron chi connectivity index (χ0n) is 14.9. The highest BCUT2D eigenvalue weighted by Crippen LogP contribution is 2.58. The number of rotatable bonds is 6. The van der Waals surface area contributed by atoms with Gasteiger partial charge < -0.3 is 10.1 Å². The molecule has 1 heterocycles. The Balaban J connectivity index is 1.44. The van der Waals surface area contributed by atoms with Crippen LogP contribution in [0.25, 0.3) is 5.57 Å². The number of anilines is 1. The third-order valence-electron chi connectivity index (χ3n) is 5.60. The Kier molecular flexibility index (Phi) is 4.41. The molecule has 2 fully saturated rings. The number of amides is 2. The molecule has 142 valence electrons. The molecule has 27 heavy (non-hydrogen) atoms. The van der Waals surface area contributed by atoms with E-state index in [2.05, 4.69) is 10.5 Å². The monoisotopic (exact) mass is 373 g/mol. The lowest BCUT2D eigenvalue weighted by atomic mass is 10.00. The van der Waals surface area contributed by atoms with E-state index in [0.717, 1.165) is 12.0 Å². The van der Waals surface area contributed by atoms with Crippen LogP contribution in [0.15, 0.2) is 29.5 Å². The van der Waals surface area contributed by atoms with Crippen LogP contribution in [0.5, 0.6) is 0 Å². The highest BCUT2D eigenvalue weighted by atomic mass is 19.1. The number of nitrogens with one attached hydrogen (secondary N) is 1. The summed E-state index contributed by atoms with van der Waals surface area (Å²) in [5.41, 5.74) is 1.91. The van der Waals surface area contributed by atoms with Crippen molar-refractivity contribution < 1.29 is 18.7 Å². The van der Waals surface area contributed by atoms with E-state index in [0.29, 0.717) is 35.5 Å². The summed E-state index contributed by atoms with van der Waals surface area (Å²) >= 11 is 0. The van der Waals surface area contributed by atoms with Crippen LogP contribution in [0.3, 0.4) is 0 Å². The maximum atomic E-state index is 14.7. The number of cyclic esters (lactones) is 1. The fourth-order valence-electron chi connectivity index (χ4n) is 4.14. The van der Waals surface area contributed by atoms with Crippen molar-refractivity contribution in [3.05, 3.63) is 40.6 Å². The van der Waals surface area contributed by atoms with E-state index in [1.54, 1.807) is 12.1 Å². The van der Waals surface area contributed by atoms with E-state index in [1.165, 1.54) is 17.9 Å². The van der Waals surface area contributed by atoms with Crippen LogP contribution in [-0.2, 0) is 9.53 Å². The minimum Gasteiger partial charge on any atom is -0.442 e. The number of hydrogen-bond donors (Lipinski definition) is 1. The molecule has 8 heteroatoms. The van der Waals surface area contributed by atoms with Crippen molar-refractivity contribution in [1.29, 1.82) is 0 Å². The summed E-state index contributed by atoms with van der Waals surface area (Å²) in [5.74, 6) is 0.463. The molecule has 2 amide bonds. The van der Waals surface area contributed by atoms with E-state index < -0.39 is 12.2 Å². The molecule has 0 aromatic heterocycles. The lowest BCUT2D eigenvalue weighted by Crippen LogP contribution is -2.33. The molecule has 1 aromatic carbocycles. The molecule has 0 unspecified atom stereocenters. The van der Waals surface area contributed by atoms with Crippen molar-refractivity contribution in [2.45, 2.75) is 19.4 Å². The number of nitroso groups, excluding NO2 is 1. The van der Waals surface area contributed by atoms with Crippen molar-refractivity contribution in [2.75, 3.05) is 24.5 Å². The van der Waals surface area contributed by atoms with Crippen LogP contribution in [0.4, 0.5) is 14.9 Å². The first-order valence-electron chi connectivity index (χ1n) is 9.00. The molecule has 4 rings (SSSR count). The molecule has 4 atom stereocenters. The molecular weight excluding hydrogens is 353 g/mol. The van der Waals surface area contributed by atoms with Gasteiger partial charge in [0.25, 0.3) is 0 Å². The predicted octanol–water partition coefficient (Wildman–Crippen LogP) is 2.70. The number of nitrogens with zero attached hydrogens (tertiary/aromatic N) is 2. The van der Waals surface area contributed by atoms with E-state index in [9.17, 15) is 18.9 Å². The third kappa shape index (κ3) is 3.31. The summed E-state index contributed by atoms with van der Waals surface area (Å²) in [5, 5.41) is 5.57. The second-order valence-corrected chi connectivity index (χ2v) is 7.33. The van der Waals surface area contributed by atoms with Gasteiger partial charge in [0.15, 0.2) is 0 Å². The fraction of sp³-hybridized carbons (Fsp3) is 0.474. The van der Waals surface area contributed by atoms with Crippen molar-refractivity contribution in [3.63, 3.8) is 0 Å². The summed E-state index contributed by atoms with van der Waals surface area (Å²) in [4.78, 5) is 34.8. The predicted molar refractivity (Wildman–Crippen MR) is 96.4 cm³/mol. The zero-order valence-corrected chi connectivity index (χ0v) is 14.9. The first-order valence-corrected chi connectivity index (χ1v) is 9.00. The van der Waals surface area contributed by atoms with Crippen molar-refractivity contribution >= 4 is 23.3 Å². The summed E-state index contributed by atoms with van der Waals surface area (Å²) in [6.07, 6.45) is 1.79. The van der Waals surface area contributed by atoms with E-state index in [1.807, 2.05) is 6.08 Å². The van der Waals surface area contributed by atoms with Crippen LogP contribution in [-0.4, -0.2) is 37.7 Å². The number of fused-ring (bicyclic) bond motifs is 1. The molecular formula is C19H20FN3O4. The van der Waals surface area contributed by atoms with Crippen LogP contribution >= 0.6 is 0 Å². The Morgan fingerprint density at radius 2 is 2.26 bits per heavy atom. The van der Waals surface area contributed by atoms with Crippen molar-refractivity contribution in [3.8, 4) is 0 Å². The van der Waals surface area contributed by atoms with E-state index in [4.69, 9.17) is 4.74 Å². The molecule has 0 radical (unpaired) electrons. The first kappa shape index (κ1) is 17.6. The number of halogens is 1. The Bertz CT molecular complexity index is 840. The van der Waals surface area contributed by atoms with Gasteiger partial charge >= 0.3 is 6.09 Å². The minimum atomic E-state index is -0.553. The molecule has 0 bridgehead atoms. The average Bonchev–Trinajstić information content (AvgIpc) is 2.98. The normalized spacial score (nSPS) is 28.4. The summed E-state index contributed by atoms with van der Waals surface area (Å²) in [6, 6.07) is 4.73. The standard InChI is InChI=1S/C19H20FN3O4/c1-10(24)21-7-13-9-23(19(25)27-13)12-2-3-14(18(20)6-12)11-4-15-16(5-11)17(15)8-22-26/h2-4,6,13,15-17H,5,7-9H2,1H3,(H,21,24)/t13-,15+,16-,17-/m0/s1.